The van der Waals surface area contributed by atoms with Gasteiger partial charge in [0.2, 0.25) is 5.78 Å². The van der Waals surface area contributed by atoms with E-state index < -0.39 is 0 Å². The van der Waals surface area contributed by atoms with Crippen LogP contribution >= 0.6 is 0 Å². The number of nitrogens with two attached hydrogens (primary N) is 1. The van der Waals surface area contributed by atoms with E-state index >= 15 is 0 Å². The van der Waals surface area contributed by atoms with Gasteiger partial charge in [0, 0.05) is 18.9 Å². The molecule has 0 fully saturated rings. The summed E-state index contributed by atoms with van der Waals surface area (Å²) in [4.78, 5) is 8.11. The molecule has 0 saturated heterocycles. The Kier molecular flexibility index (Phi) is 1.33. The molecule has 11 heavy (non-hydrogen) atoms. The van der Waals surface area contributed by atoms with E-state index in [1.807, 2.05) is 16.7 Å². The maximum atomic E-state index is 5.47. The number of rotatable bonds is 1. The van der Waals surface area contributed by atoms with E-state index in [1.54, 1.807) is 12.4 Å². The minimum absolute atomic E-state index is 0.493. The van der Waals surface area contributed by atoms with Crippen LogP contribution in [0.15, 0.2) is 24.7 Å². The van der Waals surface area contributed by atoms with Gasteiger partial charge in [-0.25, -0.2) is 9.97 Å². The predicted molar refractivity (Wildman–Crippen MR) is 40.9 cm³/mol. The summed E-state index contributed by atoms with van der Waals surface area (Å²) in [7, 11) is 0. The first-order chi connectivity index (χ1) is 5.42. The van der Waals surface area contributed by atoms with Gasteiger partial charge in [-0.1, -0.05) is 0 Å². The maximum Gasteiger partial charge on any atom is 0.233 e. The first kappa shape index (κ1) is 6.30. The Hall–Kier alpha value is -1.42. The molecule has 0 aliphatic carbocycles. The van der Waals surface area contributed by atoms with Gasteiger partial charge in [0.15, 0.2) is 0 Å². The Labute approximate surface area is 63.7 Å². The van der Waals surface area contributed by atoms with Crippen LogP contribution in [0, 0.1) is 0 Å². The van der Waals surface area contributed by atoms with Crippen LogP contribution < -0.4 is 5.73 Å². The highest BCUT2D eigenvalue weighted by Crippen LogP contribution is 2.01. The molecule has 2 aromatic rings. The van der Waals surface area contributed by atoms with Crippen LogP contribution in [0.2, 0.25) is 0 Å². The summed E-state index contributed by atoms with van der Waals surface area (Å²) in [5.74, 6) is 0.702. The lowest BCUT2D eigenvalue weighted by atomic mass is 10.5. The summed E-state index contributed by atoms with van der Waals surface area (Å²) in [6, 6.07) is 1.86. The molecule has 2 rings (SSSR count). The van der Waals surface area contributed by atoms with Crippen LogP contribution in [0.1, 0.15) is 5.69 Å². The van der Waals surface area contributed by atoms with E-state index in [0.717, 1.165) is 5.69 Å². The number of hydrogen-bond donors (Lipinski definition) is 1. The summed E-state index contributed by atoms with van der Waals surface area (Å²) >= 11 is 0. The fourth-order valence-electron chi connectivity index (χ4n) is 1.03. The van der Waals surface area contributed by atoms with Gasteiger partial charge in [0.1, 0.15) is 0 Å². The van der Waals surface area contributed by atoms with Gasteiger partial charge < -0.3 is 5.73 Å². The van der Waals surface area contributed by atoms with Crippen molar-refractivity contribution in [3.05, 3.63) is 30.4 Å². The minimum Gasteiger partial charge on any atom is -0.325 e. The van der Waals surface area contributed by atoms with Crippen LogP contribution in [0.3, 0.4) is 0 Å². The zero-order valence-electron chi connectivity index (χ0n) is 5.94. The molecule has 0 amide bonds. The summed E-state index contributed by atoms with van der Waals surface area (Å²) < 4.78 is 1.88. The molecule has 0 unspecified atom stereocenters. The third-order valence-electron chi connectivity index (χ3n) is 1.57. The molecular formula is C7H8N4. The second-order valence-electron chi connectivity index (χ2n) is 2.24. The largest absolute Gasteiger partial charge is 0.325 e. The van der Waals surface area contributed by atoms with Crippen molar-refractivity contribution < 1.29 is 0 Å². The molecule has 0 aromatic carbocycles. The topological polar surface area (TPSA) is 56.2 Å². The Morgan fingerprint density at radius 1 is 1.45 bits per heavy atom. The minimum atomic E-state index is 0.493. The van der Waals surface area contributed by atoms with Crippen molar-refractivity contribution in [1.82, 2.24) is 14.4 Å². The third kappa shape index (κ3) is 0.877. The van der Waals surface area contributed by atoms with Crippen molar-refractivity contribution in [2.75, 3.05) is 0 Å². The number of hydrogen-bond acceptors (Lipinski definition) is 3. The van der Waals surface area contributed by atoms with E-state index in [9.17, 15) is 0 Å². The molecule has 0 saturated carbocycles. The first-order valence-corrected chi connectivity index (χ1v) is 3.39. The molecule has 4 nitrogen and oxygen atoms in total. The van der Waals surface area contributed by atoms with Gasteiger partial charge in [0.25, 0.3) is 0 Å². The van der Waals surface area contributed by atoms with Crippen molar-refractivity contribution in [2.24, 2.45) is 5.73 Å². The number of fused-ring (bicyclic) bond motifs is 1. The van der Waals surface area contributed by atoms with Gasteiger partial charge in [-0.05, 0) is 6.07 Å². The highest BCUT2D eigenvalue weighted by atomic mass is 15.1. The van der Waals surface area contributed by atoms with Gasteiger partial charge >= 0.3 is 0 Å². The number of nitrogens with zero attached hydrogens (tertiary/aromatic N) is 3. The average Bonchev–Trinajstić information content (AvgIpc) is 2.47. The zero-order valence-corrected chi connectivity index (χ0v) is 5.94. The Bertz CT molecular complexity index is 365. The molecule has 2 heterocycles. The van der Waals surface area contributed by atoms with Crippen molar-refractivity contribution >= 4 is 5.78 Å². The van der Waals surface area contributed by atoms with Gasteiger partial charge in [-0.15, -0.1) is 0 Å². The smallest absolute Gasteiger partial charge is 0.233 e. The highest BCUT2D eigenvalue weighted by molar-refractivity contribution is 5.29. The lowest BCUT2D eigenvalue weighted by molar-refractivity contribution is 0.947. The Morgan fingerprint density at radius 2 is 2.36 bits per heavy atom. The van der Waals surface area contributed by atoms with E-state index in [1.165, 1.54) is 0 Å². The van der Waals surface area contributed by atoms with Gasteiger partial charge in [-0.3, -0.25) is 4.40 Å². The molecule has 0 bridgehead atoms. The van der Waals surface area contributed by atoms with Crippen LogP contribution in [0.25, 0.3) is 5.78 Å². The molecular weight excluding hydrogens is 140 g/mol. The number of aromatic nitrogens is 3. The van der Waals surface area contributed by atoms with Crippen molar-refractivity contribution in [1.29, 1.82) is 0 Å². The highest BCUT2D eigenvalue weighted by Gasteiger charge is 1.98. The summed E-state index contributed by atoms with van der Waals surface area (Å²) in [6.07, 6.45) is 5.35. The summed E-state index contributed by atoms with van der Waals surface area (Å²) in [5.41, 5.74) is 6.45. The van der Waals surface area contributed by atoms with Crippen LogP contribution in [-0.4, -0.2) is 14.4 Å². The molecule has 0 aliphatic rings. The molecule has 2 aromatic heterocycles. The van der Waals surface area contributed by atoms with Crippen LogP contribution in [0.4, 0.5) is 0 Å². The maximum absolute atomic E-state index is 5.47. The standard InChI is InChI=1S/C7H8N4/c8-4-6-5-10-7-9-2-1-3-11(6)7/h1-3,5H,4,8H2. The Morgan fingerprint density at radius 3 is 3.18 bits per heavy atom. The quantitative estimate of drug-likeness (QED) is 0.628. The SMILES string of the molecule is NCc1cnc2ncccn12. The summed E-state index contributed by atoms with van der Waals surface area (Å²) in [6.45, 7) is 0.493. The predicted octanol–water partition coefficient (Wildman–Crippen LogP) is 0.188. The fraction of sp³-hybridized carbons (Fsp3) is 0.143. The summed E-state index contributed by atoms with van der Waals surface area (Å²) in [5, 5.41) is 0. The molecule has 0 spiro atoms. The van der Waals surface area contributed by atoms with E-state index in [2.05, 4.69) is 9.97 Å². The second-order valence-corrected chi connectivity index (χ2v) is 2.24. The van der Waals surface area contributed by atoms with E-state index in [0.29, 0.717) is 12.3 Å². The molecule has 0 radical (unpaired) electrons. The lowest BCUT2D eigenvalue weighted by Crippen LogP contribution is -2.00. The third-order valence-corrected chi connectivity index (χ3v) is 1.57. The van der Waals surface area contributed by atoms with E-state index in [-0.39, 0.29) is 0 Å². The molecule has 56 valence electrons. The molecule has 0 aliphatic heterocycles. The van der Waals surface area contributed by atoms with Crippen molar-refractivity contribution in [2.45, 2.75) is 6.54 Å². The fourth-order valence-corrected chi connectivity index (χ4v) is 1.03. The molecule has 4 heteroatoms. The zero-order chi connectivity index (χ0) is 7.68. The van der Waals surface area contributed by atoms with Crippen LogP contribution in [-0.2, 0) is 6.54 Å². The van der Waals surface area contributed by atoms with Crippen molar-refractivity contribution in [3.8, 4) is 0 Å². The van der Waals surface area contributed by atoms with Crippen LogP contribution in [0.5, 0.6) is 0 Å². The normalized spacial score (nSPS) is 10.6. The first-order valence-electron chi connectivity index (χ1n) is 3.39. The van der Waals surface area contributed by atoms with Gasteiger partial charge in [0.05, 0.1) is 11.9 Å². The molecule has 0 atom stereocenters. The van der Waals surface area contributed by atoms with Crippen molar-refractivity contribution in [3.63, 3.8) is 0 Å². The second kappa shape index (κ2) is 2.32. The monoisotopic (exact) mass is 148 g/mol. The molecule has 2 N–H and O–H groups in total. The van der Waals surface area contributed by atoms with Gasteiger partial charge in [-0.2, -0.15) is 0 Å². The average molecular weight is 148 g/mol. The lowest BCUT2D eigenvalue weighted by Gasteiger charge is -1.94. The Balaban J connectivity index is 2.76. The number of imidazole rings is 1. The van der Waals surface area contributed by atoms with E-state index in [4.69, 9.17) is 5.73 Å².